The van der Waals surface area contributed by atoms with Gasteiger partial charge in [0.05, 0.1) is 11.1 Å². The predicted octanol–water partition coefficient (Wildman–Crippen LogP) is 4.61. The van der Waals surface area contributed by atoms with Crippen LogP contribution in [0.2, 0.25) is 0 Å². The zero-order valence-corrected chi connectivity index (χ0v) is 16.6. The number of hydrogen-bond acceptors (Lipinski definition) is 3. The van der Waals surface area contributed by atoms with E-state index in [1.165, 1.54) is 4.90 Å². The summed E-state index contributed by atoms with van der Waals surface area (Å²) in [5, 5.41) is 3.09. The van der Waals surface area contributed by atoms with Gasteiger partial charge in [-0.1, -0.05) is 24.3 Å². The minimum absolute atomic E-state index is 0.0596. The molecule has 1 aliphatic rings. The molecule has 5 nitrogen and oxygen atoms in total. The summed E-state index contributed by atoms with van der Waals surface area (Å²) in [6.07, 6.45) is 2.57. The highest BCUT2D eigenvalue weighted by atomic mass is 19.3. The number of fused-ring (bicyclic) bond motifs is 2. The molecule has 1 aliphatic heterocycles. The van der Waals surface area contributed by atoms with Gasteiger partial charge >= 0.3 is 0 Å². The number of rotatable bonds is 2. The van der Waals surface area contributed by atoms with E-state index >= 15 is 0 Å². The molecule has 0 saturated carbocycles. The van der Waals surface area contributed by atoms with Gasteiger partial charge in [0.2, 0.25) is 0 Å². The van der Waals surface area contributed by atoms with Crippen LogP contribution in [-0.2, 0) is 0 Å². The van der Waals surface area contributed by atoms with Crippen molar-refractivity contribution in [1.82, 2.24) is 14.9 Å². The van der Waals surface area contributed by atoms with E-state index in [9.17, 15) is 18.4 Å². The minimum Gasteiger partial charge on any atom is -0.338 e. The third-order valence-corrected chi connectivity index (χ3v) is 5.84. The number of alkyl halides is 2. The molecule has 1 saturated heterocycles. The number of likely N-dealkylation sites (tertiary alicyclic amines) is 1. The van der Waals surface area contributed by atoms with Crippen LogP contribution >= 0.6 is 0 Å². The molecule has 156 valence electrons. The number of halogens is 2. The molecule has 3 heterocycles. The molecule has 2 aromatic carbocycles. The largest absolute Gasteiger partial charge is 0.338 e. The van der Waals surface area contributed by atoms with Gasteiger partial charge in [-0.25, -0.2) is 8.78 Å². The second-order valence-electron chi connectivity index (χ2n) is 7.85. The average molecular weight is 419 g/mol. The van der Waals surface area contributed by atoms with Crippen molar-refractivity contribution in [3.8, 4) is 11.3 Å². The lowest BCUT2D eigenvalue weighted by molar-refractivity contribution is -0.0494. The Morgan fingerprint density at radius 1 is 1.00 bits per heavy atom. The first-order chi connectivity index (χ1) is 14.9. The van der Waals surface area contributed by atoms with E-state index in [4.69, 9.17) is 0 Å². The first-order valence-corrected chi connectivity index (χ1v) is 10.1. The number of H-pyrrole nitrogens is 1. The Labute approximate surface area is 176 Å². The fraction of sp³-hybridized carbons (Fsp3) is 0.208. The fourth-order valence-corrected chi connectivity index (χ4v) is 4.09. The van der Waals surface area contributed by atoms with Crippen LogP contribution in [0.4, 0.5) is 8.78 Å². The standard InChI is InChI=1S/C24H19F2N3O2/c25-24(26)7-10-29(11-8-24)23(31)17-4-5-18-15(12-17)2-1-3-19(18)21-13-16-6-9-27-22(30)20(16)14-28-21/h1-6,9,12-14H,7-8,10-11H2,(H,27,30). The fourth-order valence-electron chi connectivity index (χ4n) is 4.09. The van der Waals surface area contributed by atoms with Crippen LogP contribution in [0.15, 0.2) is 65.7 Å². The Bertz CT molecular complexity index is 1370. The number of benzene rings is 2. The molecule has 0 unspecified atom stereocenters. The number of nitrogens with one attached hydrogen (secondary N) is 1. The van der Waals surface area contributed by atoms with Crippen molar-refractivity contribution < 1.29 is 13.6 Å². The molecule has 2 aromatic heterocycles. The van der Waals surface area contributed by atoms with E-state index in [0.29, 0.717) is 10.9 Å². The number of nitrogens with zero attached hydrogens (tertiary/aromatic N) is 2. The van der Waals surface area contributed by atoms with Crippen LogP contribution in [-0.4, -0.2) is 39.8 Å². The Morgan fingerprint density at radius 2 is 1.77 bits per heavy atom. The van der Waals surface area contributed by atoms with E-state index < -0.39 is 5.92 Å². The molecule has 4 aromatic rings. The quantitative estimate of drug-likeness (QED) is 0.516. The van der Waals surface area contributed by atoms with Crippen molar-refractivity contribution in [2.24, 2.45) is 0 Å². The van der Waals surface area contributed by atoms with Crippen LogP contribution in [0.5, 0.6) is 0 Å². The molecule has 31 heavy (non-hydrogen) atoms. The molecule has 1 amide bonds. The monoisotopic (exact) mass is 419 g/mol. The van der Waals surface area contributed by atoms with Crippen molar-refractivity contribution in [1.29, 1.82) is 0 Å². The van der Waals surface area contributed by atoms with Crippen molar-refractivity contribution >= 4 is 27.5 Å². The lowest BCUT2D eigenvalue weighted by Crippen LogP contribution is -2.42. The Kier molecular flexibility index (Phi) is 4.54. The minimum atomic E-state index is -2.69. The van der Waals surface area contributed by atoms with Crippen LogP contribution < -0.4 is 5.56 Å². The number of carbonyl (C=O) groups excluding carboxylic acids is 1. The molecule has 1 fully saturated rings. The van der Waals surface area contributed by atoms with Crippen molar-refractivity contribution in [2.75, 3.05) is 13.1 Å². The normalized spacial score (nSPS) is 16.0. The second kappa shape index (κ2) is 7.27. The maximum Gasteiger partial charge on any atom is 0.257 e. The summed E-state index contributed by atoms with van der Waals surface area (Å²) in [5.41, 5.74) is 1.90. The molecule has 0 radical (unpaired) electrons. The summed E-state index contributed by atoms with van der Waals surface area (Å²) < 4.78 is 26.8. The van der Waals surface area contributed by atoms with Gasteiger partial charge in [-0.15, -0.1) is 0 Å². The zero-order chi connectivity index (χ0) is 21.6. The molecular weight excluding hydrogens is 400 g/mol. The molecular formula is C24H19F2N3O2. The SMILES string of the molecule is O=C(c1ccc2c(-c3cc4cc[nH]c(=O)c4cn3)cccc2c1)N1CCC(F)(F)CC1. The van der Waals surface area contributed by atoms with Gasteiger partial charge in [0.15, 0.2) is 0 Å². The number of hydrogen-bond donors (Lipinski definition) is 1. The molecule has 0 aliphatic carbocycles. The highest BCUT2D eigenvalue weighted by molar-refractivity contribution is 6.03. The number of aromatic amines is 1. The number of amides is 1. The number of piperidine rings is 1. The first kappa shape index (κ1) is 19.4. The Morgan fingerprint density at radius 3 is 2.58 bits per heavy atom. The van der Waals surface area contributed by atoms with Gasteiger partial charge in [-0.3, -0.25) is 14.6 Å². The van der Waals surface area contributed by atoms with E-state index in [0.717, 1.165) is 27.4 Å². The maximum atomic E-state index is 13.4. The van der Waals surface area contributed by atoms with Gasteiger partial charge in [-0.2, -0.15) is 0 Å². The zero-order valence-electron chi connectivity index (χ0n) is 16.6. The third-order valence-electron chi connectivity index (χ3n) is 5.84. The molecule has 0 spiro atoms. The second-order valence-corrected chi connectivity index (χ2v) is 7.85. The number of pyridine rings is 2. The molecule has 1 N–H and O–H groups in total. The maximum absolute atomic E-state index is 13.4. The molecule has 0 bridgehead atoms. The molecule has 0 atom stereocenters. The van der Waals surface area contributed by atoms with Crippen LogP contribution in [0.3, 0.4) is 0 Å². The average Bonchev–Trinajstić information content (AvgIpc) is 2.78. The van der Waals surface area contributed by atoms with Crippen molar-refractivity contribution in [2.45, 2.75) is 18.8 Å². The van der Waals surface area contributed by atoms with E-state index in [2.05, 4.69) is 9.97 Å². The van der Waals surface area contributed by atoms with Gasteiger partial charge < -0.3 is 9.88 Å². The summed E-state index contributed by atoms with van der Waals surface area (Å²) in [6.45, 7) is 0.119. The van der Waals surface area contributed by atoms with E-state index in [1.807, 2.05) is 36.4 Å². The summed E-state index contributed by atoms with van der Waals surface area (Å²) in [7, 11) is 0. The summed E-state index contributed by atoms with van der Waals surface area (Å²) >= 11 is 0. The first-order valence-electron chi connectivity index (χ1n) is 10.1. The smallest absolute Gasteiger partial charge is 0.257 e. The topological polar surface area (TPSA) is 66.1 Å². The summed E-state index contributed by atoms with van der Waals surface area (Å²) in [5.74, 6) is -2.92. The molecule has 7 heteroatoms. The van der Waals surface area contributed by atoms with Gasteiger partial charge in [0.25, 0.3) is 17.4 Å². The number of aromatic nitrogens is 2. The lowest BCUT2D eigenvalue weighted by atomic mass is 9.98. The summed E-state index contributed by atoms with van der Waals surface area (Å²) in [4.78, 5) is 33.4. The van der Waals surface area contributed by atoms with Gasteiger partial charge in [0.1, 0.15) is 0 Å². The van der Waals surface area contributed by atoms with Crippen LogP contribution in [0, 0.1) is 0 Å². The summed E-state index contributed by atoms with van der Waals surface area (Å²) in [6, 6.07) is 14.8. The van der Waals surface area contributed by atoms with E-state index in [1.54, 1.807) is 24.5 Å². The number of carbonyl (C=O) groups is 1. The highest BCUT2D eigenvalue weighted by Gasteiger charge is 2.35. The molecule has 5 rings (SSSR count). The highest BCUT2D eigenvalue weighted by Crippen LogP contribution is 2.31. The predicted molar refractivity (Wildman–Crippen MR) is 115 cm³/mol. The van der Waals surface area contributed by atoms with Crippen molar-refractivity contribution in [3.05, 3.63) is 76.8 Å². The van der Waals surface area contributed by atoms with Crippen LogP contribution in [0.25, 0.3) is 32.8 Å². The van der Waals surface area contributed by atoms with Gasteiger partial charge in [0, 0.05) is 49.5 Å². The Balaban J connectivity index is 1.51. The Hall–Kier alpha value is -3.61. The van der Waals surface area contributed by atoms with Crippen LogP contribution in [0.1, 0.15) is 23.2 Å². The lowest BCUT2D eigenvalue weighted by Gasteiger charge is -2.31. The van der Waals surface area contributed by atoms with Gasteiger partial charge in [-0.05, 0) is 40.4 Å². The van der Waals surface area contributed by atoms with E-state index in [-0.39, 0.29) is 37.4 Å². The third kappa shape index (κ3) is 3.56. The van der Waals surface area contributed by atoms with Crippen molar-refractivity contribution in [3.63, 3.8) is 0 Å².